The Morgan fingerprint density at radius 3 is 1.00 bits per heavy atom. The van der Waals surface area contributed by atoms with Gasteiger partial charge in [-0.05, 0) is 0 Å². The third-order valence-electron chi connectivity index (χ3n) is 0. The van der Waals surface area contributed by atoms with E-state index in [-0.39, 0.29) is 90.9 Å². The molecule has 0 N–H and O–H groups in total. The molecule has 4 heteroatoms. The van der Waals surface area contributed by atoms with E-state index in [2.05, 4.69) is 0 Å². The Hall–Kier alpha value is 2.60. The van der Waals surface area contributed by atoms with Crippen molar-refractivity contribution in [3.63, 3.8) is 0 Å². The van der Waals surface area contributed by atoms with Crippen LogP contribution in [0, 0.1) is 0 Å². The molecule has 0 rings (SSSR count). The first-order valence-electron chi connectivity index (χ1n) is 0. The molecule has 0 heterocycles. The summed E-state index contributed by atoms with van der Waals surface area (Å²) in [5, 5.41) is 0. The number of hydrogen-bond acceptors (Lipinski definition) is 0. The first-order valence-corrected chi connectivity index (χ1v) is 0. The summed E-state index contributed by atoms with van der Waals surface area (Å²) >= 11 is 0. The Labute approximate surface area is 88.9 Å². The second-order valence-electron chi connectivity index (χ2n) is 0. The van der Waals surface area contributed by atoms with Gasteiger partial charge in [-0.15, -0.1) is 0 Å². The molecular formula is BrFeKO. The van der Waals surface area contributed by atoms with E-state index in [0.717, 1.165) is 0 Å². The van der Waals surface area contributed by atoms with Crippen molar-refractivity contribution in [2.45, 2.75) is 0 Å². The number of rotatable bonds is 0. The Bertz CT molecular complexity index is 8.00. The Morgan fingerprint density at radius 2 is 1.00 bits per heavy atom. The molecule has 22 valence electrons. The minimum absolute atomic E-state index is 0. The van der Waals surface area contributed by atoms with E-state index in [9.17, 15) is 0 Å². The Kier molecular flexibility index (Phi) is 134. The van der Waals surface area contributed by atoms with Crippen molar-refractivity contribution >= 4 is 0 Å². The molecule has 0 spiro atoms. The second-order valence-corrected chi connectivity index (χ2v) is 0. The average molecular weight is 191 g/mol. The molecule has 0 radical (unpaired) electrons. The molecular weight excluding hydrogens is 191 g/mol. The molecule has 0 saturated carbocycles. The van der Waals surface area contributed by atoms with Gasteiger partial charge in [-0.25, -0.2) is 0 Å². The molecule has 0 unspecified atom stereocenters. The van der Waals surface area contributed by atoms with Gasteiger partial charge in [0.1, 0.15) is 0 Å². The van der Waals surface area contributed by atoms with Crippen molar-refractivity contribution in [1.82, 2.24) is 0 Å². The summed E-state index contributed by atoms with van der Waals surface area (Å²) in [6, 6.07) is 0. The number of halogens is 1. The third-order valence-corrected chi connectivity index (χ3v) is 0. The van der Waals surface area contributed by atoms with Crippen LogP contribution in [0.2, 0.25) is 0 Å². The normalized spacial score (nSPS) is 0. The van der Waals surface area contributed by atoms with Gasteiger partial charge >= 0.3 is 68.5 Å². The molecule has 0 bridgehead atoms. The van der Waals surface area contributed by atoms with Gasteiger partial charge in [0, 0.05) is 0 Å². The number of hydrogen-bond donors (Lipinski definition) is 0. The van der Waals surface area contributed by atoms with Crippen LogP contribution < -0.4 is 68.4 Å². The minimum Gasteiger partial charge on any atom is -2.00 e. The van der Waals surface area contributed by atoms with E-state index in [4.69, 9.17) is 0 Å². The van der Waals surface area contributed by atoms with Gasteiger partial charge in [0.2, 0.25) is 0 Å². The van der Waals surface area contributed by atoms with Crippen LogP contribution >= 0.6 is 0 Å². The molecule has 0 aliphatic carbocycles. The molecule has 0 aliphatic heterocycles. The van der Waals surface area contributed by atoms with E-state index in [1.54, 1.807) is 0 Å². The van der Waals surface area contributed by atoms with Gasteiger partial charge < -0.3 is 22.5 Å². The predicted octanol–water partition coefficient (Wildman–Crippen LogP) is -6.11. The van der Waals surface area contributed by atoms with Crippen molar-refractivity contribution in [3.8, 4) is 0 Å². The average Bonchev–Trinajstić information content (AvgIpc) is 0. The fourth-order valence-electron chi connectivity index (χ4n) is 0. The standard InChI is InChI=1S/BrH.Fe.K.O/h1H;;;/q;+2;+1;-2/p-1. The van der Waals surface area contributed by atoms with E-state index in [1.165, 1.54) is 0 Å². The van der Waals surface area contributed by atoms with Crippen LogP contribution in [0.1, 0.15) is 0 Å². The second kappa shape index (κ2) is 17.5. The smallest absolute Gasteiger partial charge is 2.00 e. The zero-order valence-electron chi connectivity index (χ0n) is 2.14. The summed E-state index contributed by atoms with van der Waals surface area (Å²) in [6.07, 6.45) is 0. The molecule has 0 saturated heterocycles. The minimum atomic E-state index is 0. The van der Waals surface area contributed by atoms with Crippen LogP contribution in [0.25, 0.3) is 0 Å². The topological polar surface area (TPSA) is 28.5 Å². The summed E-state index contributed by atoms with van der Waals surface area (Å²) in [5.41, 5.74) is 0. The van der Waals surface area contributed by atoms with Crippen molar-refractivity contribution in [3.05, 3.63) is 0 Å². The summed E-state index contributed by atoms with van der Waals surface area (Å²) in [7, 11) is 0. The van der Waals surface area contributed by atoms with Gasteiger partial charge in [-0.2, -0.15) is 0 Å². The van der Waals surface area contributed by atoms with E-state index >= 15 is 0 Å². The molecule has 0 fully saturated rings. The fourth-order valence-corrected chi connectivity index (χ4v) is 0. The van der Waals surface area contributed by atoms with Crippen molar-refractivity contribution < 1.29 is 90.9 Å². The molecule has 0 aromatic rings. The predicted molar refractivity (Wildman–Crippen MR) is 0.686 cm³/mol. The Morgan fingerprint density at radius 1 is 1.00 bits per heavy atom. The first-order chi connectivity index (χ1) is 0. The van der Waals surface area contributed by atoms with Crippen LogP contribution in [-0.2, 0) is 22.5 Å². The zero-order chi connectivity index (χ0) is 0. The maximum Gasteiger partial charge on any atom is 2.00 e. The maximum absolute atomic E-state index is 0. The Balaban J connectivity index is 0. The molecule has 0 aromatic carbocycles. The summed E-state index contributed by atoms with van der Waals surface area (Å²) in [6.45, 7) is 0. The van der Waals surface area contributed by atoms with Gasteiger partial charge in [0.25, 0.3) is 0 Å². The van der Waals surface area contributed by atoms with E-state index < -0.39 is 0 Å². The van der Waals surface area contributed by atoms with Crippen LogP contribution in [0.3, 0.4) is 0 Å². The van der Waals surface area contributed by atoms with Crippen molar-refractivity contribution in [1.29, 1.82) is 0 Å². The van der Waals surface area contributed by atoms with Crippen LogP contribution in [0.4, 0.5) is 0 Å². The van der Waals surface area contributed by atoms with Gasteiger partial charge in [-0.1, -0.05) is 0 Å². The van der Waals surface area contributed by atoms with Crippen LogP contribution in [0.15, 0.2) is 0 Å². The molecule has 1 nitrogen and oxygen atoms in total. The van der Waals surface area contributed by atoms with E-state index in [1.807, 2.05) is 0 Å². The van der Waals surface area contributed by atoms with Crippen LogP contribution in [0.5, 0.6) is 0 Å². The third kappa shape index (κ3) is 8.82. The first kappa shape index (κ1) is 30.7. The van der Waals surface area contributed by atoms with Gasteiger partial charge in [0.05, 0.1) is 0 Å². The molecule has 0 aromatic heterocycles. The molecule has 4 heavy (non-hydrogen) atoms. The van der Waals surface area contributed by atoms with Crippen molar-refractivity contribution in [2.24, 2.45) is 0 Å². The zero-order valence-corrected chi connectivity index (χ0v) is 7.95. The van der Waals surface area contributed by atoms with Gasteiger partial charge in [-0.3, -0.25) is 0 Å². The van der Waals surface area contributed by atoms with Crippen molar-refractivity contribution in [2.75, 3.05) is 0 Å². The monoisotopic (exact) mass is 190 g/mol. The fraction of sp³-hybridized carbons (Fsp3) is 0. The SMILES string of the molecule is [Br-].[Fe+2].[K+].[O-2]. The van der Waals surface area contributed by atoms with Crippen LogP contribution in [-0.4, -0.2) is 0 Å². The summed E-state index contributed by atoms with van der Waals surface area (Å²) in [4.78, 5) is 0. The molecule has 0 aliphatic rings. The quantitative estimate of drug-likeness (QED) is 0.341. The maximum atomic E-state index is 0. The largest absolute Gasteiger partial charge is 2.00 e. The van der Waals surface area contributed by atoms with E-state index in [0.29, 0.717) is 0 Å². The summed E-state index contributed by atoms with van der Waals surface area (Å²) < 4.78 is 0. The summed E-state index contributed by atoms with van der Waals surface area (Å²) in [5.74, 6) is 0. The molecule has 0 atom stereocenters. The van der Waals surface area contributed by atoms with Gasteiger partial charge in [0.15, 0.2) is 0 Å². The molecule has 0 amide bonds.